The second-order valence-electron chi connectivity index (χ2n) is 3.56. The number of hydrogen-bond donors (Lipinski definition) is 1. The van der Waals surface area contributed by atoms with Gasteiger partial charge in [-0.3, -0.25) is 4.57 Å². The van der Waals surface area contributed by atoms with Gasteiger partial charge in [0, 0.05) is 30.4 Å². The average Bonchev–Trinajstić information content (AvgIpc) is 2.74. The van der Waals surface area contributed by atoms with Crippen molar-refractivity contribution in [3.8, 4) is 5.69 Å². The highest BCUT2D eigenvalue weighted by atomic mass is 32.2. The smallest absolute Gasteiger partial charge is 0.172 e. The summed E-state index contributed by atoms with van der Waals surface area (Å²) >= 11 is 1.68. The van der Waals surface area contributed by atoms with Crippen molar-refractivity contribution in [1.29, 1.82) is 0 Å². The standard InChI is InChI=1S/C12H15N3S/c1-10-3-2-4-11(9-10)15-7-6-14-12(15)16-8-5-13/h2-4,6-7,9H,5,8,13H2,1H3. The molecule has 0 aliphatic carbocycles. The van der Waals surface area contributed by atoms with Gasteiger partial charge in [-0.1, -0.05) is 23.9 Å². The summed E-state index contributed by atoms with van der Waals surface area (Å²) in [4.78, 5) is 4.33. The highest BCUT2D eigenvalue weighted by molar-refractivity contribution is 7.99. The lowest BCUT2D eigenvalue weighted by Gasteiger charge is -2.07. The molecule has 0 aliphatic rings. The molecular formula is C12H15N3S. The van der Waals surface area contributed by atoms with E-state index in [1.165, 1.54) is 5.56 Å². The number of imidazole rings is 1. The summed E-state index contributed by atoms with van der Waals surface area (Å²) < 4.78 is 2.09. The molecule has 1 aromatic heterocycles. The predicted molar refractivity (Wildman–Crippen MR) is 68.1 cm³/mol. The fourth-order valence-electron chi connectivity index (χ4n) is 1.52. The summed E-state index contributed by atoms with van der Waals surface area (Å²) in [5.74, 6) is 0.892. The van der Waals surface area contributed by atoms with Gasteiger partial charge < -0.3 is 5.73 Å². The second kappa shape index (κ2) is 5.18. The topological polar surface area (TPSA) is 43.8 Å². The Balaban J connectivity index is 2.29. The van der Waals surface area contributed by atoms with Gasteiger partial charge in [-0.15, -0.1) is 0 Å². The number of thioether (sulfide) groups is 1. The van der Waals surface area contributed by atoms with Gasteiger partial charge in [0.25, 0.3) is 0 Å². The molecule has 16 heavy (non-hydrogen) atoms. The van der Waals surface area contributed by atoms with Crippen LogP contribution in [0.5, 0.6) is 0 Å². The Labute approximate surface area is 99.7 Å². The molecule has 0 unspecified atom stereocenters. The zero-order valence-corrected chi connectivity index (χ0v) is 10.1. The molecule has 0 atom stereocenters. The first-order chi connectivity index (χ1) is 7.81. The normalized spacial score (nSPS) is 10.6. The van der Waals surface area contributed by atoms with Crippen molar-refractivity contribution in [3.05, 3.63) is 42.2 Å². The van der Waals surface area contributed by atoms with Gasteiger partial charge in [0.2, 0.25) is 0 Å². The number of rotatable bonds is 4. The number of benzene rings is 1. The molecule has 0 saturated carbocycles. The van der Waals surface area contributed by atoms with Gasteiger partial charge in [0.15, 0.2) is 5.16 Å². The van der Waals surface area contributed by atoms with Gasteiger partial charge in [0.1, 0.15) is 0 Å². The average molecular weight is 233 g/mol. The minimum Gasteiger partial charge on any atom is -0.330 e. The number of nitrogens with two attached hydrogens (primary N) is 1. The van der Waals surface area contributed by atoms with E-state index in [2.05, 4.69) is 40.7 Å². The maximum atomic E-state index is 5.50. The molecule has 0 radical (unpaired) electrons. The zero-order chi connectivity index (χ0) is 11.4. The molecule has 4 heteroatoms. The van der Waals surface area contributed by atoms with Crippen molar-refractivity contribution < 1.29 is 0 Å². The monoisotopic (exact) mass is 233 g/mol. The molecule has 3 nitrogen and oxygen atoms in total. The predicted octanol–water partition coefficient (Wildman–Crippen LogP) is 2.23. The van der Waals surface area contributed by atoms with Crippen molar-refractivity contribution in [3.63, 3.8) is 0 Å². The van der Waals surface area contributed by atoms with Crippen LogP contribution in [0.15, 0.2) is 41.8 Å². The third kappa shape index (κ3) is 2.46. The Hall–Kier alpha value is -1.26. The second-order valence-corrected chi connectivity index (χ2v) is 4.62. The molecule has 0 amide bonds. The van der Waals surface area contributed by atoms with Crippen LogP contribution >= 0.6 is 11.8 Å². The fourth-order valence-corrected chi connectivity index (χ4v) is 2.26. The van der Waals surface area contributed by atoms with Crippen LogP contribution in [-0.2, 0) is 0 Å². The van der Waals surface area contributed by atoms with E-state index in [9.17, 15) is 0 Å². The van der Waals surface area contributed by atoms with Gasteiger partial charge in [-0.2, -0.15) is 0 Å². The summed E-state index contributed by atoms with van der Waals surface area (Å²) in [5, 5.41) is 0.996. The van der Waals surface area contributed by atoms with Gasteiger partial charge in [0.05, 0.1) is 0 Å². The number of nitrogens with zero attached hydrogens (tertiary/aromatic N) is 2. The maximum Gasteiger partial charge on any atom is 0.172 e. The maximum absolute atomic E-state index is 5.50. The van der Waals surface area contributed by atoms with Crippen LogP contribution in [0.25, 0.3) is 5.69 Å². The number of hydrogen-bond acceptors (Lipinski definition) is 3. The molecule has 2 rings (SSSR count). The van der Waals surface area contributed by atoms with E-state index in [-0.39, 0.29) is 0 Å². The Morgan fingerprint density at radius 2 is 2.31 bits per heavy atom. The van der Waals surface area contributed by atoms with E-state index in [1.807, 2.05) is 12.4 Å². The van der Waals surface area contributed by atoms with E-state index in [0.717, 1.165) is 16.6 Å². The molecule has 0 bridgehead atoms. The van der Waals surface area contributed by atoms with Gasteiger partial charge in [-0.25, -0.2) is 4.98 Å². The SMILES string of the molecule is Cc1cccc(-n2ccnc2SCCN)c1. The lowest BCUT2D eigenvalue weighted by molar-refractivity contribution is 0.893. The lowest BCUT2D eigenvalue weighted by Crippen LogP contribution is -2.03. The highest BCUT2D eigenvalue weighted by Gasteiger charge is 2.04. The highest BCUT2D eigenvalue weighted by Crippen LogP contribution is 2.20. The summed E-state index contributed by atoms with van der Waals surface area (Å²) in [6, 6.07) is 8.38. The third-order valence-electron chi connectivity index (χ3n) is 2.24. The molecule has 84 valence electrons. The first kappa shape index (κ1) is 11.2. The Bertz CT molecular complexity index is 465. The zero-order valence-electron chi connectivity index (χ0n) is 9.26. The van der Waals surface area contributed by atoms with Crippen molar-refractivity contribution in [2.24, 2.45) is 5.73 Å². The Morgan fingerprint density at radius 3 is 3.06 bits per heavy atom. The molecule has 0 aliphatic heterocycles. The number of aromatic nitrogens is 2. The van der Waals surface area contributed by atoms with E-state index in [4.69, 9.17) is 5.73 Å². The van der Waals surface area contributed by atoms with Crippen LogP contribution in [0.4, 0.5) is 0 Å². The lowest BCUT2D eigenvalue weighted by atomic mass is 10.2. The van der Waals surface area contributed by atoms with Crippen LogP contribution in [0, 0.1) is 6.92 Å². The first-order valence-corrected chi connectivity index (χ1v) is 6.23. The minimum absolute atomic E-state index is 0.672. The molecule has 1 aromatic carbocycles. The van der Waals surface area contributed by atoms with Crippen LogP contribution in [0.2, 0.25) is 0 Å². The summed E-state index contributed by atoms with van der Waals surface area (Å²) in [6.45, 7) is 2.76. The van der Waals surface area contributed by atoms with Crippen LogP contribution < -0.4 is 5.73 Å². The Morgan fingerprint density at radius 1 is 1.44 bits per heavy atom. The first-order valence-electron chi connectivity index (χ1n) is 5.24. The molecule has 0 spiro atoms. The van der Waals surface area contributed by atoms with Crippen molar-refractivity contribution in [2.75, 3.05) is 12.3 Å². The van der Waals surface area contributed by atoms with E-state index >= 15 is 0 Å². The summed E-state index contributed by atoms with van der Waals surface area (Å²) in [6.07, 6.45) is 3.80. The molecule has 2 N–H and O–H groups in total. The van der Waals surface area contributed by atoms with Crippen molar-refractivity contribution in [1.82, 2.24) is 9.55 Å². The van der Waals surface area contributed by atoms with Gasteiger partial charge in [-0.05, 0) is 24.6 Å². The number of aryl methyl sites for hydroxylation is 1. The molecule has 2 aromatic rings. The summed E-state index contributed by atoms with van der Waals surface area (Å²) in [7, 11) is 0. The quantitative estimate of drug-likeness (QED) is 0.824. The van der Waals surface area contributed by atoms with Crippen LogP contribution in [0.3, 0.4) is 0 Å². The fraction of sp³-hybridized carbons (Fsp3) is 0.250. The Kier molecular flexibility index (Phi) is 3.64. The largest absolute Gasteiger partial charge is 0.330 e. The summed E-state index contributed by atoms with van der Waals surface area (Å²) in [5.41, 5.74) is 7.90. The van der Waals surface area contributed by atoms with Crippen LogP contribution in [0.1, 0.15) is 5.56 Å². The van der Waals surface area contributed by atoms with E-state index in [1.54, 1.807) is 11.8 Å². The van der Waals surface area contributed by atoms with Crippen molar-refractivity contribution in [2.45, 2.75) is 12.1 Å². The van der Waals surface area contributed by atoms with E-state index in [0.29, 0.717) is 6.54 Å². The third-order valence-corrected chi connectivity index (χ3v) is 3.24. The van der Waals surface area contributed by atoms with Crippen LogP contribution in [-0.4, -0.2) is 21.8 Å². The van der Waals surface area contributed by atoms with Gasteiger partial charge >= 0.3 is 0 Å². The molecule has 0 saturated heterocycles. The molecular weight excluding hydrogens is 218 g/mol. The van der Waals surface area contributed by atoms with Crippen molar-refractivity contribution >= 4 is 11.8 Å². The van der Waals surface area contributed by atoms with E-state index < -0.39 is 0 Å². The minimum atomic E-state index is 0.672. The molecule has 0 fully saturated rings. The molecule has 1 heterocycles.